The molecule has 0 aliphatic rings. The minimum absolute atomic E-state index is 0.272. The van der Waals surface area contributed by atoms with E-state index in [9.17, 15) is 13.2 Å². The van der Waals surface area contributed by atoms with Crippen LogP contribution in [0.2, 0.25) is 0 Å². The Morgan fingerprint density at radius 3 is 0.870 bits per heavy atom. The summed E-state index contributed by atoms with van der Waals surface area (Å²) in [5.74, 6) is -0.816. The van der Waals surface area contributed by atoms with Crippen LogP contribution in [-0.2, 0) is 0 Å². The van der Waals surface area contributed by atoms with Gasteiger partial charge in [0.05, 0.1) is 0 Å². The number of halogens is 3. The van der Waals surface area contributed by atoms with Crippen LogP contribution < -0.4 is 20.7 Å². The standard InChI is InChI=1S/C42H29F3Si/c43-36-10-4-7-33(27-36)30-15-21-40(22-16-30)46(39-13-2-1-3-14-39,41-23-17-31(18-24-41)34-8-5-11-37(44)28-34)42-25-19-32(20-26-42)35-9-6-12-38(45)29-35/h1-29H. The Balaban J connectivity index is 1.44. The molecular weight excluding hydrogens is 590 g/mol. The molecule has 7 aromatic rings. The molecule has 4 heteroatoms. The molecule has 0 atom stereocenters. The van der Waals surface area contributed by atoms with Crippen LogP contribution in [0, 0.1) is 17.5 Å². The average molecular weight is 619 g/mol. The van der Waals surface area contributed by atoms with E-state index in [1.165, 1.54) is 23.4 Å². The van der Waals surface area contributed by atoms with Gasteiger partial charge in [0.2, 0.25) is 0 Å². The van der Waals surface area contributed by atoms with Crippen LogP contribution in [-0.4, -0.2) is 8.07 Å². The first-order chi connectivity index (χ1) is 22.5. The Morgan fingerprint density at radius 2 is 0.565 bits per heavy atom. The summed E-state index contributed by atoms with van der Waals surface area (Å²) in [6.45, 7) is 0. The fourth-order valence-corrected chi connectivity index (χ4v) is 11.1. The molecule has 7 aromatic carbocycles. The highest BCUT2D eigenvalue weighted by atomic mass is 28.3. The fourth-order valence-electron chi connectivity index (χ4n) is 6.43. The maximum absolute atomic E-state index is 14.1. The first-order valence-electron chi connectivity index (χ1n) is 15.2. The van der Waals surface area contributed by atoms with Gasteiger partial charge in [0.1, 0.15) is 17.5 Å². The van der Waals surface area contributed by atoms with E-state index >= 15 is 0 Å². The second-order valence-corrected chi connectivity index (χ2v) is 15.2. The van der Waals surface area contributed by atoms with Crippen LogP contribution in [0.5, 0.6) is 0 Å². The molecule has 0 fully saturated rings. The Kier molecular flexibility index (Phi) is 7.96. The normalized spacial score (nSPS) is 11.4. The fraction of sp³-hybridized carbons (Fsp3) is 0. The number of rotatable bonds is 7. The molecular formula is C42H29F3Si. The molecule has 0 aliphatic heterocycles. The van der Waals surface area contributed by atoms with E-state index < -0.39 is 8.07 Å². The van der Waals surface area contributed by atoms with E-state index in [4.69, 9.17) is 0 Å². The van der Waals surface area contributed by atoms with Gasteiger partial charge in [-0.25, -0.2) is 13.2 Å². The molecule has 46 heavy (non-hydrogen) atoms. The van der Waals surface area contributed by atoms with E-state index in [0.717, 1.165) is 48.9 Å². The van der Waals surface area contributed by atoms with Crippen molar-refractivity contribution in [2.45, 2.75) is 0 Å². The van der Waals surface area contributed by atoms with E-state index in [2.05, 4.69) is 97.1 Å². The molecule has 0 radical (unpaired) electrons. The molecule has 0 unspecified atom stereocenters. The highest BCUT2D eigenvalue weighted by Crippen LogP contribution is 2.24. The van der Waals surface area contributed by atoms with Crippen molar-refractivity contribution in [2.24, 2.45) is 0 Å². The summed E-state index contributed by atoms with van der Waals surface area (Å²) in [7, 11) is -2.93. The molecule has 0 aromatic heterocycles. The van der Waals surface area contributed by atoms with Crippen molar-refractivity contribution >= 4 is 28.8 Å². The van der Waals surface area contributed by atoms with Gasteiger partial charge >= 0.3 is 0 Å². The average Bonchev–Trinajstić information content (AvgIpc) is 3.10. The quantitative estimate of drug-likeness (QED) is 0.124. The number of hydrogen-bond donors (Lipinski definition) is 0. The summed E-state index contributed by atoms with van der Waals surface area (Å²) in [6, 6.07) is 55.9. The maximum atomic E-state index is 14.1. The zero-order valence-corrected chi connectivity index (χ0v) is 25.9. The predicted molar refractivity (Wildman–Crippen MR) is 186 cm³/mol. The van der Waals surface area contributed by atoms with Crippen LogP contribution in [0.3, 0.4) is 0 Å². The Morgan fingerprint density at radius 1 is 0.261 bits per heavy atom. The number of benzene rings is 7. The summed E-state index contributed by atoms with van der Waals surface area (Å²) in [4.78, 5) is 0. The van der Waals surface area contributed by atoms with Crippen molar-refractivity contribution in [1.29, 1.82) is 0 Å². The lowest BCUT2D eigenvalue weighted by Gasteiger charge is -2.35. The van der Waals surface area contributed by atoms with Crippen molar-refractivity contribution in [3.05, 3.63) is 193 Å². The highest BCUT2D eigenvalue weighted by Gasteiger charge is 2.41. The molecule has 0 amide bonds. The van der Waals surface area contributed by atoms with Crippen molar-refractivity contribution in [3.63, 3.8) is 0 Å². The van der Waals surface area contributed by atoms with E-state index in [1.54, 1.807) is 36.4 Å². The van der Waals surface area contributed by atoms with Gasteiger partial charge in [-0.05, 0) is 90.5 Å². The van der Waals surface area contributed by atoms with Crippen LogP contribution in [0.25, 0.3) is 33.4 Å². The molecule has 0 heterocycles. The summed E-state index contributed by atoms with van der Waals surface area (Å²) in [5.41, 5.74) is 5.25. The highest BCUT2D eigenvalue weighted by molar-refractivity contribution is 7.19. The van der Waals surface area contributed by atoms with Crippen LogP contribution in [0.4, 0.5) is 13.2 Å². The second kappa shape index (κ2) is 12.5. The summed E-state index contributed by atoms with van der Waals surface area (Å²) >= 11 is 0. The molecule has 0 aliphatic carbocycles. The lowest BCUT2D eigenvalue weighted by molar-refractivity contribution is 0.628. The van der Waals surface area contributed by atoms with E-state index in [0.29, 0.717) is 0 Å². The molecule has 0 saturated heterocycles. The van der Waals surface area contributed by atoms with Gasteiger partial charge in [-0.3, -0.25) is 0 Å². The van der Waals surface area contributed by atoms with Gasteiger partial charge in [-0.15, -0.1) is 0 Å². The third kappa shape index (κ3) is 5.60. The smallest absolute Gasteiger partial charge is 0.179 e. The van der Waals surface area contributed by atoms with E-state index in [1.807, 2.05) is 24.3 Å². The van der Waals surface area contributed by atoms with Crippen LogP contribution >= 0.6 is 0 Å². The third-order valence-corrected chi connectivity index (χ3v) is 13.4. The molecule has 0 N–H and O–H groups in total. The minimum Gasteiger partial charge on any atom is -0.207 e. The Bertz CT molecular complexity index is 1890. The zero-order valence-electron chi connectivity index (χ0n) is 24.9. The topological polar surface area (TPSA) is 0 Å². The summed E-state index contributed by atoms with van der Waals surface area (Å²) < 4.78 is 42.3. The van der Waals surface area contributed by atoms with Crippen LogP contribution in [0.1, 0.15) is 0 Å². The van der Waals surface area contributed by atoms with Crippen LogP contribution in [0.15, 0.2) is 176 Å². The summed E-state index contributed by atoms with van der Waals surface area (Å²) in [5, 5.41) is 4.69. The molecule has 0 saturated carbocycles. The molecule has 222 valence electrons. The predicted octanol–water partition coefficient (Wildman–Crippen LogP) is 8.48. The zero-order chi connectivity index (χ0) is 31.5. The lowest BCUT2D eigenvalue weighted by Crippen LogP contribution is -2.74. The number of hydrogen-bond acceptors (Lipinski definition) is 0. The third-order valence-electron chi connectivity index (χ3n) is 8.63. The molecule has 0 bridgehead atoms. The maximum Gasteiger partial charge on any atom is 0.179 e. The van der Waals surface area contributed by atoms with Gasteiger partial charge < -0.3 is 0 Å². The lowest BCUT2D eigenvalue weighted by atomic mass is 10.1. The molecule has 0 nitrogen and oxygen atoms in total. The first-order valence-corrected chi connectivity index (χ1v) is 17.2. The first kappa shape index (κ1) is 29.3. The van der Waals surface area contributed by atoms with Gasteiger partial charge in [0.25, 0.3) is 0 Å². The Hall–Kier alpha value is -5.45. The minimum atomic E-state index is -2.93. The van der Waals surface area contributed by atoms with Gasteiger partial charge in [-0.1, -0.05) is 140 Å². The molecule has 7 rings (SSSR count). The second-order valence-electron chi connectivity index (χ2n) is 11.4. The molecule has 0 spiro atoms. The van der Waals surface area contributed by atoms with Crippen molar-refractivity contribution in [1.82, 2.24) is 0 Å². The SMILES string of the molecule is Fc1cccc(-c2ccc([Si](c3ccccc3)(c3ccc(-c4cccc(F)c4)cc3)c3ccc(-c4cccc(F)c4)cc3)cc2)c1. The van der Waals surface area contributed by atoms with Gasteiger partial charge in [0, 0.05) is 0 Å². The summed E-state index contributed by atoms with van der Waals surface area (Å²) in [6.07, 6.45) is 0. The van der Waals surface area contributed by atoms with Crippen molar-refractivity contribution < 1.29 is 13.2 Å². The van der Waals surface area contributed by atoms with Gasteiger partial charge in [-0.2, -0.15) is 0 Å². The largest absolute Gasteiger partial charge is 0.207 e. The van der Waals surface area contributed by atoms with E-state index in [-0.39, 0.29) is 17.5 Å². The van der Waals surface area contributed by atoms with Crippen molar-refractivity contribution in [2.75, 3.05) is 0 Å². The van der Waals surface area contributed by atoms with Crippen molar-refractivity contribution in [3.8, 4) is 33.4 Å². The Labute approximate surface area is 268 Å². The van der Waals surface area contributed by atoms with Gasteiger partial charge in [0.15, 0.2) is 8.07 Å². The monoisotopic (exact) mass is 618 g/mol.